The van der Waals surface area contributed by atoms with Crippen molar-refractivity contribution in [2.75, 3.05) is 5.73 Å². The number of nitrogens with two attached hydrogens (primary N) is 1. The highest BCUT2D eigenvalue weighted by Gasteiger charge is 2.11. The minimum atomic E-state index is -0.0823. The average molecular weight is 211 g/mol. The highest BCUT2D eigenvalue weighted by molar-refractivity contribution is 5.75. The molecule has 0 bridgehead atoms. The number of hydrogen-bond acceptors (Lipinski definition) is 4. The third-order valence-electron chi connectivity index (χ3n) is 2.25. The van der Waals surface area contributed by atoms with Crippen molar-refractivity contribution in [2.24, 2.45) is 5.92 Å². The number of anilines is 1. The molecule has 0 aliphatic heterocycles. The van der Waals surface area contributed by atoms with Crippen LogP contribution in [0.3, 0.4) is 0 Å². The second-order valence-electron chi connectivity index (χ2n) is 3.90. The van der Waals surface area contributed by atoms with E-state index in [9.17, 15) is 4.79 Å². The van der Waals surface area contributed by atoms with Gasteiger partial charge in [-0.3, -0.25) is 4.79 Å². The van der Waals surface area contributed by atoms with Crippen LogP contribution < -0.4 is 11.1 Å². The molecule has 0 aliphatic carbocycles. The molecule has 0 aromatic carbocycles. The summed E-state index contributed by atoms with van der Waals surface area (Å²) in [5.74, 6) is 0.510. The number of rotatable bonds is 4. The van der Waals surface area contributed by atoms with E-state index in [-0.39, 0.29) is 24.4 Å². The Morgan fingerprint density at radius 1 is 1.60 bits per heavy atom. The first-order valence-corrected chi connectivity index (χ1v) is 4.93. The number of carbonyl (C=O) groups is 1. The molecule has 1 unspecified atom stereocenters. The molecule has 1 atom stereocenters. The number of nitrogens with one attached hydrogen (secondary N) is 1. The van der Waals surface area contributed by atoms with E-state index in [1.165, 1.54) is 11.0 Å². The normalized spacial score (nSPS) is 12.8. The van der Waals surface area contributed by atoms with E-state index in [1.807, 2.05) is 6.92 Å². The molecular weight excluding hydrogens is 194 g/mol. The minimum absolute atomic E-state index is 0.0823. The van der Waals surface area contributed by atoms with Gasteiger partial charge in [0.2, 0.25) is 11.9 Å². The summed E-state index contributed by atoms with van der Waals surface area (Å²) in [6.07, 6.45) is 1.44. The van der Waals surface area contributed by atoms with Crippen molar-refractivity contribution >= 4 is 11.9 Å². The van der Waals surface area contributed by atoms with E-state index in [1.54, 1.807) is 0 Å². The number of amides is 1. The van der Waals surface area contributed by atoms with Crippen LogP contribution in [0, 0.1) is 5.92 Å². The predicted octanol–water partition coefficient (Wildman–Crippen LogP) is 0.0210. The van der Waals surface area contributed by atoms with Crippen molar-refractivity contribution in [1.82, 2.24) is 20.1 Å². The molecule has 1 aromatic rings. The highest BCUT2D eigenvalue weighted by Crippen LogP contribution is 1.99. The Morgan fingerprint density at radius 3 is 2.73 bits per heavy atom. The summed E-state index contributed by atoms with van der Waals surface area (Å²) in [6, 6.07) is 0.151. The molecular formula is C9H17N5O. The fourth-order valence-electron chi connectivity index (χ4n) is 0.999. The maximum atomic E-state index is 11.5. The van der Waals surface area contributed by atoms with Crippen molar-refractivity contribution in [3.05, 3.63) is 6.33 Å². The molecule has 6 nitrogen and oxygen atoms in total. The van der Waals surface area contributed by atoms with Gasteiger partial charge in [0.25, 0.3) is 0 Å². The SMILES string of the molecule is CC(C)C(C)NC(=O)Cn1cnc(N)n1. The first-order valence-electron chi connectivity index (χ1n) is 4.93. The van der Waals surface area contributed by atoms with Crippen LogP contribution in [-0.4, -0.2) is 26.7 Å². The molecule has 0 spiro atoms. The van der Waals surface area contributed by atoms with Crippen LogP contribution in [0.5, 0.6) is 0 Å². The van der Waals surface area contributed by atoms with Gasteiger partial charge in [0.1, 0.15) is 12.9 Å². The number of nitrogen functional groups attached to an aromatic ring is 1. The van der Waals surface area contributed by atoms with Crippen molar-refractivity contribution in [2.45, 2.75) is 33.4 Å². The van der Waals surface area contributed by atoms with Crippen LogP contribution in [0.1, 0.15) is 20.8 Å². The first-order chi connectivity index (χ1) is 6.99. The van der Waals surface area contributed by atoms with Gasteiger partial charge in [0.05, 0.1) is 0 Å². The summed E-state index contributed by atoms with van der Waals surface area (Å²) in [4.78, 5) is 15.2. The van der Waals surface area contributed by atoms with Crippen LogP contribution in [0.25, 0.3) is 0 Å². The zero-order valence-electron chi connectivity index (χ0n) is 9.27. The molecule has 3 N–H and O–H groups in total. The summed E-state index contributed by atoms with van der Waals surface area (Å²) < 4.78 is 1.41. The van der Waals surface area contributed by atoms with Crippen molar-refractivity contribution in [3.8, 4) is 0 Å². The quantitative estimate of drug-likeness (QED) is 0.735. The molecule has 1 heterocycles. The first kappa shape index (κ1) is 11.5. The van der Waals surface area contributed by atoms with Gasteiger partial charge in [0.15, 0.2) is 0 Å². The maximum absolute atomic E-state index is 11.5. The van der Waals surface area contributed by atoms with Crippen molar-refractivity contribution in [1.29, 1.82) is 0 Å². The maximum Gasteiger partial charge on any atom is 0.242 e. The highest BCUT2D eigenvalue weighted by atomic mass is 16.2. The van der Waals surface area contributed by atoms with Gasteiger partial charge in [-0.2, -0.15) is 0 Å². The van der Waals surface area contributed by atoms with Crippen LogP contribution in [0.2, 0.25) is 0 Å². The summed E-state index contributed by atoms with van der Waals surface area (Å²) >= 11 is 0. The lowest BCUT2D eigenvalue weighted by Crippen LogP contribution is -2.38. The molecule has 0 saturated carbocycles. The summed E-state index contributed by atoms with van der Waals surface area (Å²) in [5.41, 5.74) is 5.33. The van der Waals surface area contributed by atoms with Crippen LogP contribution in [-0.2, 0) is 11.3 Å². The predicted molar refractivity (Wildman–Crippen MR) is 56.9 cm³/mol. The van der Waals surface area contributed by atoms with Gasteiger partial charge in [-0.1, -0.05) is 13.8 Å². The van der Waals surface area contributed by atoms with Gasteiger partial charge in [-0.05, 0) is 12.8 Å². The average Bonchev–Trinajstić information content (AvgIpc) is 2.50. The van der Waals surface area contributed by atoms with Crippen molar-refractivity contribution in [3.63, 3.8) is 0 Å². The molecule has 0 radical (unpaired) electrons. The van der Waals surface area contributed by atoms with Gasteiger partial charge in [-0.15, -0.1) is 5.10 Å². The molecule has 0 saturated heterocycles. The molecule has 15 heavy (non-hydrogen) atoms. The Bertz CT molecular complexity index is 333. The zero-order valence-corrected chi connectivity index (χ0v) is 9.27. The Labute approximate surface area is 88.9 Å². The van der Waals surface area contributed by atoms with Gasteiger partial charge >= 0.3 is 0 Å². The molecule has 0 fully saturated rings. The Kier molecular flexibility index (Phi) is 3.65. The van der Waals surface area contributed by atoms with Crippen LogP contribution >= 0.6 is 0 Å². The molecule has 0 aliphatic rings. The number of hydrogen-bond donors (Lipinski definition) is 2. The molecule has 1 aromatic heterocycles. The summed E-state index contributed by atoms with van der Waals surface area (Å²) in [7, 11) is 0. The van der Waals surface area contributed by atoms with E-state index in [4.69, 9.17) is 5.73 Å². The van der Waals surface area contributed by atoms with Crippen LogP contribution in [0.4, 0.5) is 5.95 Å². The summed E-state index contributed by atoms with van der Waals surface area (Å²) in [5, 5.41) is 6.69. The monoisotopic (exact) mass is 211 g/mol. The standard InChI is InChI=1S/C9H17N5O/c1-6(2)7(3)12-8(15)4-14-5-11-9(10)13-14/h5-7H,4H2,1-3H3,(H2,10,13)(H,12,15). The van der Waals surface area contributed by atoms with E-state index < -0.39 is 0 Å². The topological polar surface area (TPSA) is 85.8 Å². The van der Waals surface area contributed by atoms with Crippen molar-refractivity contribution < 1.29 is 4.79 Å². The second-order valence-corrected chi connectivity index (χ2v) is 3.90. The van der Waals surface area contributed by atoms with Crippen LogP contribution in [0.15, 0.2) is 6.33 Å². The smallest absolute Gasteiger partial charge is 0.242 e. The lowest BCUT2D eigenvalue weighted by Gasteiger charge is -2.17. The zero-order chi connectivity index (χ0) is 11.4. The van der Waals surface area contributed by atoms with E-state index >= 15 is 0 Å². The fourth-order valence-corrected chi connectivity index (χ4v) is 0.999. The largest absolute Gasteiger partial charge is 0.367 e. The molecule has 1 amide bonds. The van der Waals surface area contributed by atoms with Gasteiger partial charge in [-0.25, -0.2) is 9.67 Å². The third-order valence-corrected chi connectivity index (χ3v) is 2.25. The number of carbonyl (C=O) groups excluding carboxylic acids is 1. The summed E-state index contributed by atoms with van der Waals surface area (Å²) in [6.45, 7) is 6.23. The lowest BCUT2D eigenvalue weighted by molar-refractivity contribution is -0.122. The van der Waals surface area contributed by atoms with Gasteiger partial charge in [0, 0.05) is 6.04 Å². The number of aromatic nitrogens is 3. The number of nitrogens with zero attached hydrogens (tertiary/aromatic N) is 3. The Morgan fingerprint density at radius 2 is 2.27 bits per heavy atom. The second kappa shape index (κ2) is 4.77. The fraction of sp³-hybridized carbons (Fsp3) is 0.667. The third kappa shape index (κ3) is 3.57. The van der Waals surface area contributed by atoms with E-state index in [0.29, 0.717) is 5.92 Å². The Hall–Kier alpha value is -1.59. The molecule has 84 valence electrons. The minimum Gasteiger partial charge on any atom is -0.367 e. The lowest BCUT2D eigenvalue weighted by atomic mass is 10.1. The van der Waals surface area contributed by atoms with E-state index in [2.05, 4.69) is 29.2 Å². The Balaban J connectivity index is 2.43. The molecule has 6 heteroatoms. The van der Waals surface area contributed by atoms with E-state index in [0.717, 1.165) is 0 Å². The molecule has 1 rings (SSSR count). The van der Waals surface area contributed by atoms with Gasteiger partial charge < -0.3 is 11.1 Å².